The first-order chi connectivity index (χ1) is 8.29. The summed E-state index contributed by atoms with van der Waals surface area (Å²) in [5.74, 6) is 1.02. The van der Waals surface area contributed by atoms with Gasteiger partial charge >= 0.3 is 0 Å². The van der Waals surface area contributed by atoms with E-state index in [0.29, 0.717) is 6.04 Å². The molecular formula is C13H19N3O. The van der Waals surface area contributed by atoms with E-state index in [0.717, 1.165) is 25.3 Å². The van der Waals surface area contributed by atoms with Crippen LogP contribution in [0.1, 0.15) is 31.2 Å². The molecule has 0 aliphatic carbocycles. The van der Waals surface area contributed by atoms with Crippen LogP contribution in [0.25, 0.3) is 0 Å². The summed E-state index contributed by atoms with van der Waals surface area (Å²) in [7, 11) is 0. The lowest BCUT2D eigenvalue weighted by Gasteiger charge is -2.10. The zero-order valence-electron chi connectivity index (χ0n) is 10.4. The Kier molecular flexibility index (Phi) is 3.98. The zero-order chi connectivity index (χ0) is 12.1. The van der Waals surface area contributed by atoms with Crippen LogP contribution in [-0.4, -0.2) is 16.3 Å². The Hall–Kier alpha value is -1.55. The molecule has 2 aromatic heterocycles. The summed E-state index contributed by atoms with van der Waals surface area (Å²) in [6, 6.07) is 4.25. The van der Waals surface area contributed by atoms with Crippen LogP contribution < -0.4 is 5.32 Å². The molecule has 4 nitrogen and oxygen atoms in total. The molecule has 1 atom stereocenters. The van der Waals surface area contributed by atoms with Gasteiger partial charge in [0.15, 0.2) is 0 Å². The Morgan fingerprint density at radius 1 is 1.53 bits per heavy atom. The first-order valence-electron chi connectivity index (χ1n) is 6.07. The zero-order valence-corrected chi connectivity index (χ0v) is 10.4. The lowest BCUT2D eigenvalue weighted by atomic mass is 10.2. The van der Waals surface area contributed by atoms with E-state index in [1.54, 1.807) is 6.26 Å². The number of hydrogen-bond donors (Lipinski definition) is 1. The Labute approximate surface area is 102 Å². The molecule has 0 saturated carbocycles. The maximum absolute atomic E-state index is 5.29. The van der Waals surface area contributed by atoms with E-state index in [-0.39, 0.29) is 0 Å². The topological polar surface area (TPSA) is 43.0 Å². The van der Waals surface area contributed by atoms with Crippen LogP contribution in [0.5, 0.6) is 0 Å². The van der Waals surface area contributed by atoms with E-state index in [1.165, 1.54) is 5.56 Å². The highest BCUT2D eigenvalue weighted by atomic mass is 16.3. The van der Waals surface area contributed by atoms with E-state index in [4.69, 9.17) is 4.42 Å². The normalized spacial score (nSPS) is 12.8. The van der Waals surface area contributed by atoms with Crippen molar-refractivity contribution in [3.05, 3.63) is 42.1 Å². The predicted octanol–water partition coefficient (Wildman–Crippen LogP) is 2.39. The SMILES string of the molecule is CCn1cc(C(C)NCCc2ccco2)cn1. The third-order valence-corrected chi connectivity index (χ3v) is 2.88. The van der Waals surface area contributed by atoms with Crippen molar-refractivity contribution < 1.29 is 4.42 Å². The summed E-state index contributed by atoms with van der Waals surface area (Å²) in [5, 5.41) is 7.73. The lowest BCUT2D eigenvalue weighted by Crippen LogP contribution is -2.20. The fourth-order valence-electron chi connectivity index (χ4n) is 1.76. The minimum atomic E-state index is 0.324. The van der Waals surface area contributed by atoms with Crippen molar-refractivity contribution in [3.63, 3.8) is 0 Å². The molecule has 92 valence electrons. The predicted molar refractivity (Wildman–Crippen MR) is 66.7 cm³/mol. The van der Waals surface area contributed by atoms with E-state index < -0.39 is 0 Å². The van der Waals surface area contributed by atoms with Crippen molar-refractivity contribution in [2.24, 2.45) is 0 Å². The van der Waals surface area contributed by atoms with Gasteiger partial charge in [0.2, 0.25) is 0 Å². The van der Waals surface area contributed by atoms with Gasteiger partial charge in [0.05, 0.1) is 12.5 Å². The standard InChI is InChI=1S/C13H19N3O/c1-3-16-10-12(9-15-16)11(2)14-7-6-13-5-4-8-17-13/h4-5,8-11,14H,3,6-7H2,1-2H3. The van der Waals surface area contributed by atoms with Gasteiger partial charge in [-0.25, -0.2) is 0 Å². The van der Waals surface area contributed by atoms with Crippen LogP contribution in [0, 0.1) is 0 Å². The van der Waals surface area contributed by atoms with Crippen LogP contribution in [-0.2, 0) is 13.0 Å². The molecule has 0 aromatic carbocycles. The summed E-state index contributed by atoms with van der Waals surface area (Å²) in [5.41, 5.74) is 1.23. The number of rotatable bonds is 6. The van der Waals surface area contributed by atoms with Crippen molar-refractivity contribution in [3.8, 4) is 0 Å². The second-order valence-electron chi connectivity index (χ2n) is 4.13. The van der Waals surface area contributed by atoms with Gasteiger partial charge < -0.3 is 9.73 Å². The summed E-state index contributed by atoms with van der Waals surface area (Å²) < 4.78 is 7.23. The van der Waals surface area contributed by atoms with Crippen molar-refractivity contribution in [2.75, 3.05) is 6.54 Å². The number of aryl methyl sites for hydroxylation is 1. The van der Waals surface area contributed by atoms with Crippen LogP contribution in [0.4, 0.5) is 0 Å². The van der Waals surface area contributed by atoms with E-state index in [2.05, 4.69) is 30.5 Å². The van der Waals surface area contributed by atoms with Crippen molar-refractivity contribution in [2.45, 2.75) is 32.9 Å². The van der Waals surface area contributed by atoms with Gasteiger partial charge in [-0.3, -0.25) is 4.68 Å². The smallest absolute Gasteiger partial charge is 0.105 e. The molecule has 0 aliphatic heterocycles. The van der Waals surface area contributed by atoms with Crippen molar-refractivity contribution in [1.29, 1.82) is 0 Å². The number of furan rings is 1. The fraction of sp³-hybridized carbons (Fsp3) is 0.462. The Morgan fingerprint density at radius 2 is 2.41 bits per heavy atom. The average molecular weight is 233 g/mol. The quantitative estimate of drug-likeness (QED) is 0.833. The largest absolute Gasteiger partial charge is 0.469 e. The highest BCUT2D eigenvalue weighted by Gasteiger charge is 2.07. The molecule has 0 saturated heterocycles. The van der Waals surface area contributed by atoms with E-state index >= 15 is 0 Å². The number of nitrogens with one attached hydrogen (secondary N) is 1. The average Bonchev–Trinajstić information content (AvgIpc) is 2.99. The summed E-state index contributed by atoms with van der Waals surface area (Å²) >= 11 is 0. The molecule has 2 heterocycles. The van der Waals surface area contributed by atoms with E-state index in [1.807, 2.05) is 23.0 Å². The summed E-state index contributed by atoms with van der Waals surface area (Å²) in [4.78, 5) is 0. The number of nitrogens with zero attached hydrogens (tertiary/aromatic N) is 2. The highest BCUT2D eigenvalue weighted by molar-refractivity contribution is 5.09. The van der Waals surface area contributed by atoms with Gasteiger partial charge in [-0.05, 0) is 26.0 Å². The Morgan fingerprint density at radius 3 is 3.06 bits per heavy atom. The number of aromatic nitrogens is 2. The molecule has 1 unspecified atom stereocenters. The third kappa shape index (κ3) is 3.20. The lowest BCUT2D eigenvalue weighted by molar-refractivity contribution is 0.486. The van der Waals surface area contributed by atoms with Crippen molar-refractivity contribution >= 4 is 0 Å². The molecular weight excluding hydrogens is 214 g/mol. The Balaban J connectivity index is 1.78. The molecule has 1 N–H and O–H groups in total. The molecule has 4 heteroatoms. The summed E-state index contributed by atoms with van der Waals surface area (Å²) in [6.07, 6.45) is 6.64. The maximum Gasteiger partial charge on any atom is 0.105 e. The molecule has 17 heavy (non-hydrogen) atoms. The van der Waals surface area contributed by atoms with Gasteiger partial charge in [0.25, 0.3) is 0 Å². The van der Waals surface area contributed by atoms with Gasteiger partial charge in [0.1, 0.15) is 5.76 Å². The minimum absolute atomic E-state index is 0.324. The van der Waals surface area contributed by atoms with Crippen LogP contribution in [0.3, 0.4) is 0 Å². The van der Waals surface area contributed by atoms with Crippen LogP contribution >= 0.6 is 0 Å². The number of hydrogen-bond acceptors (Lipinski definition) is 3. The second kappa shape index (κ2) is 5.68. The highest BCUT2D eigenvalue weighted by Crippen LogP contribution is 2.11. The fourth-order valence-corrected chi connectivity index (χ4v) is 1.76. The molecule has 0 radical (unpaired) electrons. The molecule has 0 spiro atoms. The molecule has 0 fully saturated rings. The molecule has 0 aliphatic rings. The maximum atomic E-state index is 5.29. The summed E-state index contributed by atoms with van der Waals surface area (Å²) in [6.45, 7) is 6.07. The third-order valence-electron chi connectivity index (χ3n) is 2.88. The van der Waals surface area contributed by atoms with Gasteiger partial charge in [-0.15, -0.1) is 0 Å². The van der Waals surface area contributed by atoms with Crippen LogP contribution in [0.2, 0.25) is 0 Å². The van der Waals surface area contributed by atoms with Gasteiger partial charge in [-0.2, -0.15) is 5.10 Å². The molecule has 0 bridgehead atoms. The molecule has 0 amide bonds. The van der Waals surface area contributed by atoms with E-state index in [9.17, 15) is 0 Å². The monoisotopic (exact) mass is 233 g/mol. The second-order valence-corrected chi connectivity index (χ2v) is 4.13. The van der Waals surface area contributed by atoms with Gasteiger partial charge in [0, 0.05) is 37.3 Å². The van der Waals surface area contributed by atoms with Gasteiger partial charge in [-0.1, -0.05) is 0 Å². The molecule has 2 aromatic rings. The van der Waals surface area contributed by atoms with Crippen molar-refractivity contribution in [1.82, 2.24) is 15.1 Å². The minimum Gasteiger partial charge on any atom is -0.469 e. The van der Waals surface area contributed by atoms with Crippen LogP contribution in [0.15, 0.2) is 35.2 Å². The first-order valence-corrected chi connectivity index (χ1v) is 6.07. The molecule has 2 rings (SSSR count). The first kappa shape index (κ1) is 11.9. The Bertz CT molecular complexity index is 433.